The quantitative estimate of drug-likeness (QED) is 0.860. The molecule has 1 saturated carbocycles. The molecule has 1 N–H and O–H groups in total. The third-order valence-corrected chi connectivity index (χ3v) is 4.00. The van der Waals surface area contributed by atoms with Crippen molar-refractivity contribution < 1.29 is 4.39 Å². The van der Waals surface area contributed by atoms with Gasteiger partial charge in [0.15, 0.2) is 0 Å². The van der Waals surface area contributed by atoms with Crippen molar-refractivity contribution in [2.75, 3.05) is 0 Å². The molecule has 1 aliphatic rings. The van der Waals surface area contributed by atoms with Gasteiger partial charge in [0.05, 0.1) is 0 Å². The molecule has 1 fully saturated rings. The van der Waals surface area contributed by atoms with Crippen molar-refractivity contribution in [3.63, 3.8) is 0 Å². The molecule has 3 rings (SSSR count). The van der Waals surface area contributed by atoms with Gasteiger partial charge in [0.1, 0.15) is 5.82 Å². The molecular formula is C17H17ClFN. The Morgan fingerprint density at radius 3 is 2.55 bits per heavy atom. The highest BCUT2D eigenvalue weighted by Crippen LogP contribution is 2.31. The van der Waals surface area contributed by atoms with E-state index in [1.54, 1.807) is 6.07 Å². The van der Waals surface area contributed by atoms with Crippen LogP contribution in [0, 0.1) is 12.7 Å². The fourth-order valence-corrected chi connectivity index (χ4v) is 2.67. The zero-order valence-corrected chi connectivity index (χ0v) is 12.2. The maximum Gasteiger partial charge on any atom is 0.123 e. The summed E-state index contributed by atoms with van der Waals surface area (Å²) >= 11 is 6.39. The van der Waals surface area contributed by atoms with Crippen LogP contribution in [0.2, 0.25) is 5.02 Å². The molecule has 1 aliphatic carbocycles. The van der Waals surface area contributed by atoms with Crippen LogP contribution in [-0.2, 0) is 6.54 Å². The molecule has 0 saturated heterocycles. The number of nitrogens with one attached hydrogen (secondary N) is 1. The van der Waals surface area contributed by atoms with E-state index in [1.807, 2.05) is 19.1 Å². The third-order valence-electron chi connectivity index (χ3n) is 3.68. The Bertz CT molecular complexity index is 635. The summed E-state index contributed by atoms with van der Waals surface area (Å²) in [7, 11) is 0. The zero-order valence-electron chi connectivity index (χ0n) is 11.4. The average Bonchev–Trinajstić information content (AvgIpc) is 3.22. The van der Waals surface area contributed by atoms with Crippen LogP contribution in [0.5, 0.6) is 0 Å². The van der Waals surface area contributed by atoms with Crippen molar-refractivity contribution in [3.8, 4) is 11.1 Å². The summed E-state index contributed by atoms with van der Waals surface area (Å²) in [4.78, 5) is 0. The van der Waals surface area contributed by atoms with E-state index >= 15 is 0 Å². The minimum Gasteiger partial charge on any atom is -0.310 e. The van der Waals surface area contributed by atoms with Gasteiger partial charge in [0.2, 0.25) is 0 Å². The van der Waals surface area contributed by atoms with Crippen LogP contribution in [0.4, 0.5) is 4.39 Å². The van der Waals surface area contributed by atoms with Crippen LogP contribution in [-0.4, -0.2) is 6.04 Å². The first-order valence-electron chi connectivity index (χ1n) is 6.92. The molecule has 2 aromatic carbocycles. The summed E-state index contributed by atoms with van der Waals surface area (Å²) in [6.45, 7) is 2.75. The first-order valence-corrected chi connectivity index (χ1v) is 7.29. The van der Waals surface area contributed by atoms with Gasteiger partial charge in [-0.25, -0.2) is 4.39 Å². The maximum atomic E-state index is 13.2. The molecule has 0 heterocycles. The summed E-state index contributed by atoms with van der Waals surface area (Å²) in [6, 6.07) is 11.6. The summed E-state index contributed by atoms with van der Waals surface area (Å²) in [5, 5.41) is 4.19. The van der Waals surface area contributed by atoms with Gasteiger partial charge in [-0.1, -0.05) is 29.8 Å². The Morgan fingerprint density at radius 1 is 1.15 bits per heavy atom. The van der Waals surface area contributed by atoms with Crippen molar-refractivity contribution in [2.45, 2.75) is 32.4 Å². The molecule has 0 amide bonds. The van der Waals surface area contributed by atoms with Crippen LogP contribution in [0.1, 0.15) is 24.0 Å². The van der Waals surface area contributed by atoms with Gasteiger partial charge < -0.3 is 5.32 Å². The minimum absolute atomic E-state index is 0.215. The predicted octanol–water partition coefficient (Wildman–Crippen LogP) is 4.71. The summed E-state index contributed by atoms with van der Waals surface area (Å²) < 4.78 is 13.2. The largest absolute Gasteiger partial charge is 0.310 e. The number of hydrogen-bond donors (Lipinski definition) is 1. The molecule has 0 spiro atoms. The van der Waals surface area contributed by atoms with Crippen LogP contribution in [0.25, 0.3) is 11.1 Å². The van der Waals surface area contributed by atoms with E-state index in [0.29, 0.717) is 6.04 Å². The fraction of sp³-hybridized carbons (Fsp3) is 0.294. The molecule has 0 aromatic heterocycles. The molecule has 0 bridgehead atoms. The monoisotopic (exact) mass is 289 g/mol. The highest BCUT2D eigenvalue weighted by atomic mass is 35.5. The second-order valence-corrected chi connectivity index (χ2v) is 5.84. The molecule has 0 radical (unpaired) electrons. The first-order chi connectivity index (χ1) is 9.63. The summed E-state index contributed by atoms with van der Waals surface area (Å²) in [5.74, 6) is -0.215. The molecule has 20 heavy (non-hydrogen) atoms. The van der Waals surface area contributed by atoms with E-state index in [2.05, 4.69) is 11.4 Å². The Labute approximate surface area is 123 Å². The van der Waals surface area contributed by atoms with Crippen molar-refractivity contribution in [1.82, 2.24) is 5.32 Å². The molecular weight excluding hydrogens is 273 g/mol. The van der Waals surface area contributed by atoms with Crippen LogP contribution in [0.3, 0.4) is 0 Å². The van der Waals surface area contributed by atoms with E-state index in [1.165, 1.54) is 30.5 Å². The van der Waals surface area contributed by atoms with Crippen LogP contribution >= 0.6 is 11.6 Å². The number of rotatable bonds is 4. The van der Waals surface area contributed by atoms with Crippen LogP contribution in [0.15, 0.2) is 36.4 Å². The van der Waals surface area contributed by atoms with E-state index in [9.17, 15) is 4.39 Å². The van der Waals surface area contributed by atoms with Gasteiger partial charge in [0.25, 0.3) is 0 Å². The molecule has 0 unspecified atom stereocenters. The van der Waals surface area contributed by atoms with Gasteiger partial charge in [0, 0.05) is 23.2 Å². The number of benzene rings is 2. The molecule has 0 aliphatic heterocycles. The van der Waals surface area contributed by atoms with Crippen molar-refractivity contribution in [1.29, 1.82) is 0 Å². The lowest BCUT2D eigenvalue weighted by Crippen LogP contribution is -2.15. The lowest BCUT2D eigenvalue weighted by atomic mass is 9.99. The van der Waals surface area contributed by atoms with Gasteiger partial charge >= 0.3 is 0 Å². The van der Waals surface area contributed by atoms with E-state index < -0.39 is 0 Å². The first kappa shape index (κ1) is 13.6. The Kier molecular flexibility index (Phi) is 3.77. The van der Waals surface area contributed by atoms with Gasteiger partial charge in [-0.05, 0) is 54.7 Å². The van der Waals surface area contributed by atoms with Gasteiger partial charge in [-0.15, -0.1) is 0 Å². The molecule has 1 nitrogen and oxygen atoms in total. The molecule has 104 valence electrons. The van der Waals surface area contributed by atoms with Crippen molar-refractivity contribution >= 4 is 11.6 Å². The normalized spacial score (nSPS) is 14.6. The summed E-state index contributed by atoms with van der Waals surface area (Å²) in [5.41, 5.74) is 4.03. The summed E-state index contributed by atoms with van der Waals surface area (Å²) in [6.07, 6.45) is 2.56. The van der Waals surface area contributed by atoms with Gasteiger partial charge in [-0.3, -0.25) is 0 Å². The predicted molar refractivity (Wildman–Crippen MR) is 81.4 cm³/mol. The fourth-order valence-electron chi connectivity index (χ4n) is 2.37. The smallest absolute Gasteiger partial charge is 0.123 e. The lowest BCUT2D eigenvalue weighted by molar-refractivity contribution is 0.627. The molecule has 2 aromatic rings. The maximum absolute atomic E-state index is 13.2. The SMILES string of the molecule is Cc1cc(F)ccc1-c1ccc(CNC2CC2)cc1Cl. The topological polar surface area (TPSA) is 12.0 Å². The Morgan fingerprint density at radius 2 is 1.90 bits per heavy atom. The van der Waals surface area contributed by atoms with E-state index in [0.717, 1.165) is 28.3 Å². The van der Waals surface area contributed by atoms with Gasteiger partial charge in [-0.2, -0.15) is 0 Å². The zero-order chi connectivity index (χ0) is 14.1. The minimum atomic E-state index is -0.215. The lowest BCUT2D eigenvalue weighted by Gasteiger charge is -2.10. The second-order valence-electron chi connectivity index (χ2n) is 5.43. The number of hydrogen-bond acceptors (Lipinski definition) is 1. The van der Waals surface area contributed by atoms with Crippen molar-refractivity contribution in [2.24, 2.45) is 0 Å². The standard InChI is InChI=1S/C17H17ClFN/c1-11-8-13(19)3-7-15(11)16-6-2-12(9-17(16)18)10-20-14-4-5-14/h2-3,6-9,14,20H,4-5,10H2,1H3. The van der Waals surface area contributed by atoms with Crippen LogP contribution < -0.4 is 5.32 Å². The Balaban J connectivity index is 1.85. The molecule has 0 atom stereocenters. The van der Waals surface area contributed by atoms with E-state index in [4.69, 9.17) is 11.6 Å². The second kappa shape index (κ2) is 5.55. The highest BCUT2D eigenvalue weighted by molar-refractivity contribution is 6.33. The Hall–Kier alpha value is -1.38. The highest BCUT2D eigenvalue weighted by Gasteiger charge is 2.20. The van der Waals surface area contributed by atoms with Crippen molar-refractivity contribution in [3.05, 3.63) is 58.4 Å². The average molecular weight is 290 g/mol. The number of aryl methyl sites for hydroxylation is 1. The third kappa shape index (κ3) is 3.02. The van der Waals surface area contributed by atoms with E-state index in [-0.39, 0.29) is 5.82 Å². The number of halogens is 2. The molecule has 3 heteroatoms.